The summed E-state index contributed by atoms with van der Waals surface area (Å²) < 4.78 is 53.3. The number of hydrogen-bond acceptors (Lipinski definition) is 10. The molecule has 0 aliphatic carbocycles. The first-order valence-electron chi connectivity index (χ1n) is 15.6. The topological polar surface area (TPSA) is 168 Å². The Hall–Kier alpha value is -4.97. The van der Waals surface area contributed by atoms with Crippen molar-refractivity contribution in [2.45, 2.75) is 63.2 Å². The Labute approximate surface area is 275 Å². The molecule has 0 radical (unpaired) electrons. The summed E-state index contributed by atoms with van der Waals surface area (Å²) in [5.74, 6) is -2.75. The van der Waals surface area contributed by atoms with Crippen LogP contribution in [0.4, 0.5) is 29.3 Å². The van der Waals surface area contributed by atoms with Crippen LogP contribution in [0.2, 0.25) is 0 Å². The molecule has 3 atom stereocenters. The Morgan fingerprint density at radius 1 is 1.17 bits per heavy atom. The van der Waals surface area contributed by atoms with Gasteiger partial charge in [-0.3, -0.25) is 9.69 Å². The van der Waals surface area contributed by atoms with E-state index < -0.39 is 47.2 Å². The van der Waals surface area contributed by atoms with Gasteiger partial charge in [0, 0.05) is 25.1 Å². The van der Waals surface area contributed by atoms with Crippen LogP contribution in [-0.2, 0) is 15.7 Å². The lowest BCUT2D eigenvalue weighted by atomic mass is 9.73. The van der Waals surface area contributed by atoms with Gasteiger partial charge in [-0.05, 0) is 62.4 Å². The molecule has 0 spiro atoms. The number of piperidine rings is 1. The SMILES string of the molecule is CCOC(=O)N1c2ccc(OC)nc2[C@H](C(c2cc(C#N)cc(C(F)(F)F)c2)c2ncc(N3CCC(C(=O)O)CC3)cn2)C[C@@]1(N)CC. The molecule has 15 heteroatoms. The molecule has 1 saturated heterocycles. The number of methoxy groups -OCH3 is 1. The number of anilines is 2. The van der Waals surface area contributed by atoms with Gasteiger partial charge >= 0.3 is 18.2 Å². The van der Waals surface area contributed by atoms with Crippen LogP contribution in [0, 0.1) is 17.2 Å². The number of hydrogen-bond donors (Lipinski definition) is 2. The molecule has 254 valence electrons. The molecule has 3 N–H and O–H groups in total. The fourth-order valence-electron chi connectivity index (χ4n) is 6.54. The lowest BCUT2D eigenvalue weighted by Crippen LogP contribution is -2.62. The number of carboxylic acids is 1. The molecule has 1 aromatic carbocycles. The van der Waals surface area contributed by atoms with Crippen LogP contribution in [0.15, 0.2) is 42.7 Å². The van der Waals surface area contributed by atoms with Crippen LogP contribution >= 0.6 is 0 Å². The first-order chi connectivity index (χ1) is 22.8. The van der Waals surface area contributed by atoms with E-state index in [2.05, 4.69) is 15.0 Å². The molecule has 12 nitrogen and oxygen atoms in total. The lowest BCUT2D eigenvalue weighted by molar-refractivity contribution is -0.142. The summed E-state index contributed by atoms with van der Waals surface area (Å²) in [4.78, 5) is 42.0. The van der Waals surface area contributed by atoms with E-state index in [1.54, 1.807) is 38.4 Å². The van der Waals surface area contributed by atoms with E-state index in [0.717, 1.165) is 12.1 Å². The highest BCUT2D eigenvalue weighted by Crippen LogP contribution is 2.51. The monoisotopic (exact) mass is 667 g/mol. The quantitative estimate of drug-likeness (QED) is 0.315. The lowest BCUT2D eigenvalue weighted by Gasteiger charge is -2.47. The van der Waals surface area contributed by atoms with Crippen LogP contribution in [0.5, 0.6) is 5.88 Å². The molecule has 5 rings (SSSR count). The zero-order chi connectivity index (χ0) is 34.8. The van der Waals surface area contributed by atoms with Crippen molar-refractivity contribution in [1.29, 1.82) is 5.26 Å². The smallest absolute Gasteiger partial charge is 0.416 e. The highest BCUT2D eigenvalue weighted by atomic mass is 19.4. The van der Waals surface area contributed by atoms with Gasteiger partial charge in [-0.1, -0.05) is 6.92 Å². The van der Waals surface area contributed by atoms with E-state index in [1.807, 2.05) is 11.0 Å². The number of rotatable bonds is 8. The number of carboxylic acid groups (broad SMARTS) is 1. The molecule has 4 heterocycles. The molecule has 1 unspecified atom stereocenters. The summed E-state index contributed by atoms with van der Waals surface area (Å²) in [5, 5.41) is 19.1. The van der Waals surface area contributed by atoms with Crippen molar-refractivity contribution in [3.8, 4) is 11.9 Å². The average Bonchev–Trinajstić information content (AvgIpc) is 3.08. The number of ether oxygens (including phenoxy) is 2. The Bertz CT molecular complexity index is 1710. The first kappa shape index (κ1) is 34.4. The third-order valence-corrected chi connectivity index (χ3v) is 9.08. The van der Waals surface area contributed by atoms with Crippen molar-refractivity contribution < 1.29 is 37.3 Å². The molecular formula is C33H36F3N7O5. The maximum atomic E-state index is 14.2. The number of halogens is 3. The zero-order valence-electron chi connectivity index (χ0n) is 26.7. The highest BCUT2D eigenvalue weighted by Gasteiger charge is 2.49. The number of amides is 1. The Morgan fingerprint density at radius 3 is 2.42 bits per heavy atom. The van der Waals surface area contributed by atoms with Crippen molar-refractivity contribution in [3.05, 3.63) is 70.9 Å². The van der Waals surface area contributed by atoms with Crippen molar-refractivity contribution in [2.24, 2.45) is 11.7 Å². The second-order valence-electron chi connectivity index (χ2n) is 11.9. The number of nitrogens with two attached hydrogens (primary N) is 1. The fourth-order valence-corrected chi connectivity index (χ4v) is 6.54. The summed E-state index contributed by atoms with van der Waals surface area (Å²) in [6.07, 6.45) is -1.20. The van der Waals surface area contributed by atoms with E-state index in [0.29, 0.717) is 43.0 Å². The number of carbonyl (C=O) groups is 2. The van der Waals surface area contributed by atoms with Crippen LogP contribution in [-0.4, -0.2) is 64.6 Å². The summed E-state index contributed by atoms with van der Waals surface area (Å²) in [6, 6.07) is 8.12. The summed E-state index contributed by atoms with van der Waals surface area (Å²) in [6.45, 7) is 4.47. The minimum Gasteiger partial charge on any atom is -0.481 e. The number of carbonyl (C=O) groups excluding carboxylic acids is 1. The molecule has 2 aliphatic heterocycles. The van der Waals surface area contributed by atoms with E-state index in [9.17, 15) is 33.1 Å². The number of nitrogens with zero attached hydrogens (tertiary/aromatic N) is 6. The second-order valence-corrected chi connectivity index (χ2v) is 11.9. The van der Waals surface area contributed by atoms with Crippen molar-refractivity contribution in [1.82, 2.24) is 15.0 Å². The molecule has 48 heavy (non-hydrogen) atoms. The third-order valence-electron chi connectivity index (χ3n) is 9.08. The Morgan fingerprint density at radius 2 is 1.85 bits per heavy atom. The average molecular weight is 668 g/mol. The van der Waals surface area contributed by atoms with E-state index in [1.165, 1.54) is 18.1 Å². The van der Waals surface area contributed by atoms with Crippen LogP contribution in [0.3, 0.4) is 0 Å². The molecule has 2 aliphatic rings. The number of aliphatic carboxylic acids is 1. The first-order valence-corrected chi connectivity index (χ1v) is 15.6. The number of fused-ring (bicyclic) bond motifs is 1. The van der Waals surface area contributed by atoms with E-state index in [4.69, 9.17) is 15.2 Å². The fraction of sp³-hybridized carbons (Fsp3) is 0.455. The molecule has 3 aromatic rings. The Balaban J connectivity index is 1.69. The largest absolute Gasteiger partial charge is 0.481 e. The van der Waals surface area contributed by atoms with E-state index >= 15 is 0 Å². The molecule has 0 bridgehead atoms. The summed E-state index contributed by atoms with van der Waals surface area (Å²) >= 11 is 0. The molecular weight excluding hydrogens is 631 g/mol. The highest BCUT2D eigenvalue weighted by molar-refractivity contribution is 5.91. The minimum atomic E-state index is -4.76. The van der Waals surface area contributed by atoms with E-state index in [-0.39, 0.29) is 42.3 Å². The zero-order valence-corrected chi connectivity index (χ0v) is 26.7. The van der Waals surface area contributed by atoms with Gasteiger partial charge in [-0.15, -0.1) is 0 Å². The summed E-state index contributed by atoms with van der Waals surface area (Å²) in [7, 11) is 1.42. The third kappa shape index (κ3) is 6.70. The van der Waals surface area contributed by atoms with Gasteiger partial charge in [0.1, 0.15) is 5.82 Å². The van der Waals surface area contributed by atoms with Gasteiger partial charge in [-0.2, -0.15) is 18.4 Å². The number of aromatic nitrogens is 3. The molecule has 0 saturated carbocycles. The molecule has 2 aromatic heterocycles. The number of alkyl halides is 3. The van der Waals surface area contributed by atoms with Crippen LogP contribution in [0.25, 0.3) is 0 Å². The van der Waals surface area contributed by atoms with Gasteiger partial charge in [0.15, 0.2) is 0 Å². The van der Waals surface area contributed by atoms with Crippen molar-refractivity contribution in [3.63, 3.8) is 0 Å². The van der Waals surface area contributed by atoms with Gasteiger partial charge < -0.3 is 25.2 Å². The molecule has 1 amide bonds. The Kier molecular flexibility index (Phi) is 9.76. The van der Waals surface area contributed by atoms with Crippen LogP contribution in [0.1, 0.15) is 79.6 Å². The maximum absolute atomic E-state index is 14.2. The summed E-state index contributed by atoms with van der Waals surface area (Å²) in [5.41, 5.74) is 5.72. The predicted molar refractivity (Wildman–Crippen MR) is 167 cm³/mol. The van der Waals surface area contributed by atoms with Crippen LogP contribution < -0.4 is 20.3 Å². The number of nitriles is 1. The van der Waals surface area contributed by atoms with Gasteiger partial charge in [0.05, 0.1) is 77.9 Å². The van der Waals surface area contributed by atoms with Gasteiger partial charge in [0.25, 0.3) is 0 Å². The number of benzene rings is 1. The predicted octanol–water partition coefficient (Wildman–Crippen LogP) is 5.42. The molecule has 1 fully saturated rings. The minimum absolute atomic E-state index is 0.0199. The van der Waals surface area contributed by atoms with Gasteiger partial charge in [0.2, 0.25) is 5.88 Å². The normalized spacial score (nSPS) is 20.4. The number of pyridine rings is 1. The standard InChI is InChI=1S/C33H36F3N7O5/c1-4-32(38)15-24(28-25(6-7-26(41-28)47-3)43(32)31(46)48-5-2)27(21-12-19(16-37)13-22(14-21)33(34,35)36)29-39-17-23(18-40-29)42-10-8-20(9-11-42)30(44)45/h6-7,12-14,17-18,20,24,27H,4-5,8-11,15,38H2,1-3H3,(H,44,45)/t24-,27?,32+/m0/s1. The van der Waals surface area contributed by atoms with Crippen molar-refractivity contribution in [2.75, 3.05) is 36.6 Å². The van der Waals surface area contributed by atoms with Gasteiger partial charge in [-0.25, -0.2) is 19.7 Å². The second kappa shape index (κ2) is 13.6. The maximum Gasteiger partial charge on any atom is 0.416 e. The van der Waals surface area contributed by atoms with Crippen molar-refractivity contribution >= 4 is 23.4 Å².